The van der Waals surface area contributed by atoms with Crippen molar-refractivity contribution in [3.63, 3.8) is 0 Å². The molecule has 0 bridgehead atoms. The summed E-state index contributed by atoms with van der Waals surface area (Å²) >= 11 is 0. The Morgan fingerprint density at radius 3 is 2.00 bits per heavy atom. The van der Waals surface area contributed by atoms with Crippen LogP contribution >= 0.6 is 0 Å². The number of hydrogen-bond acceptors (Lipinski definition) is 3. The number of nitriles is 1. The van der Waals surface area contributed by atoms with Crippen molar-refractivity contribution < 1.29 is 0 Å². The van der Waals surface area contributed by atoms with Gasteiger partial charge in [-0.1, -0.05) is 141 Å². The van der Waals surface area contributed by atoms with E-state index in [1.54, 1.807) is 0 Å². The first-order valence-electron chi connectivity index (χ1n) is 18.9. The number of fused-ring (bicyclic) bond motifs is 6. The maximum Gasteiger partial charge on any atom is 0.160 e. The summed E-state index contributed by atoms with van der Waals surface area (Å²) in [6.45, 7) is 9.24. The molecule has 0 N–H and O–H groups in total. The minimum atomic E-state index is -0.410. The van der Waals surface area contributed by atoms with Crippen molar-refractivity contribution >= 4 is 16.7 Å². The summed E-state index contributed by atoms with van der Waals surface area (Å²) in [5, 5.41) is 9.57. The van der Waals surface area contributed by atoms with E-state index in [4.69, 9.17) is 9.97 Å². The van der Waals surface area contributed by atoms with Crippen LogP contribution in [0.5, 0.6) is 0 Å². The Morgan fingerprint density at radius 1 is 0.685 bits per heavy atom. The molecule has 0 fully saturated rings. The van der Waals surface area contributed by atoms with Crippen LogP contribution in [0.3, 0.4) is 0 Å². The highest BCUT2D eigenvalue weighted by Gasteiger charge is 2.52. The van der Waals surface area contributed by atoms with Gasteiger partial charge in [-0.2, -0.15) is 5.26 Å². The average Bonchev–Trinajstić information content (AvgIpc) is 3.47. The second-order valence-electron chi connectivity index (χ2n) is 15.3. The molecule has 1 heterocycles. The fourth-order valence-electron chi connectivity index (χ4n) is 9.22. The number of allylic oxidation sites excluding steroid dienone is 8. The van der Waals surface area contributed by atoms with E-state index in [-0.39, 0.29) is 5.41 Å². The molecule has 0 unspecified atom stereocenters. The summed E-state index contributed by atoms with van der Waals surface area (Å²) in [5.74, 6) is 0.680. The normalized spacial score (nSPS) is 16.5. The molecule has 0 amide bonds. The Bertz CT molecular complexity index is 2610. The summed E-state index contributed by atoms with van der Waals surface area (Å²) < 4.78 is 0. The summed E-state index contributed by atoms with van der Waals surface area (Å²) in [4.78, 5) is 10.4. The largest absolute Gasteiger partial charge is 0.228 e. The van der Waals surface area contributed by atoms with Gasteiger partial charge in [0.15, 0.2) is 5.82 Å². The van der Waals surface area contributed by atoms with Gasteiger partial charge in [0.25, 0.3) is 0 Å². The molecule has 5 aromatic carbocycles. The lowest BCUT2D eigenvalue weighted by Crippen LogP contribution is -2.40. The van der Waals surface area contributed by atoms with E-state index in [1.165, 1.54) is 44.5 Å². The van der Waals surface area contributed by atoms with Gasteiger partial charge in [-0.3, -0.25) is 0 Å². The van der Waals surface area contributed by atoms with Gasteiger partial charge >= 0.3 is 0 Å². The van der Waals surface area contributed by atoms with Crippen LogP contribution in [-0.4, -0.2) is 9.97 Å². The summed E-state index contributed by atoms with van der Waals surface area (Å²) in [6.07, 6.45) is 8.13. The van der Waals surface area contributed by atoms with Crippen LogP contribution in [0.15, 0.2) is 163 Å². The van der Waals surface area contributed by atoms with E-state index in [1.807, 2.05) is 18.2 Å². The zero-order chi connectivity index (χ0) is 37.0. The van der Waals surface area contributed by atoms with Gasteiger partial charge in [0.05, 0.1) is 22.9 Å². The lowest BCUT2D eigenvalue weighted by atomic mass is 9.55. The summed E-state index contributed by atoms with van der Waals surface area (Å²) in [6, 6.07) is 50.4. The maximum atomic E-state index is 9.57. The number of nitrogens with zero attached hydrogens (tertiary/aromatic N) is 3. The third-order valence-electron chi connectivity index (χ3n) is 11.9. The molecule has 260 valence electrons. The first-order valence-corrected chi connectivity index (χ1v) is 18.9. The predicted molar refractivity (Wildman–Crippen MR) is 221 cm³/mol. The van der Waals surface area contributed by atoms with Crippen LogP contribution in [0, 0.1) is 11.3 Å². The van der Waals surface area contributed by atoms with E-state index in [0.29, 0.717) is 5.82 Å². The van der Waals surface area contributed by atoms with E-state index in [0.717, 1.165) is 57.6 Å². The van der Waals surface area contributed by atoms with E-state index in [9.17, 15) is 5.26 Å². The molecule has 6 aromatic rings. The van der Waals surface area contributed by atoms with Crippen molar-refractivity contribution in [2.75, 3.05) is 0 Å². The van der Waals surface area contributed by atoms with Gasteiger partial charge in [0.1, 0.15) is 0 Å². The van der Waals surface area contributed by atoms with Crippen LogP contribution in [0.1, 0.15) is 85.2 Å². The van der Waals surface area contributed by atoms with Gasteiger partial charge in [-0.25, -0.2) is 9.97 Å². The lowest BCUT2D eigenvalue weighted by Gasteiger charge is -2.47. The molecule has 9 rings (SSSR count). The predicted octanol–water partition coefficient (Wildman–Crippen LogP) is 12.3. The standard InChI is InChI=1S/C51H41N3/c1-33(47-31-48(36-17-6-5-7-18-36)54-49(53-47)39-21-15-20-38(30-39)37-19-14-16-35(29-37)32-52)28-41-34(2)51(42-23-9-8-22-40(41)42)45-26-12-10-24-43(45)50(3,4)44-25-11-13-27-46(44)51/h5-13,15-18,20-31H,14,19H2,1-4H3/b33-28+. The van der Waals surface area contributed by atoms with Crippen molar-refractivity contribution in [2.45, 2.75) is 51.4 Å². The highest BCUT2D eigenvalue weighted by atomic mass is 14.9. The van der Waals surface area contributed by atoms with Gasteiger partial charge in [0, 0.05) is 22.1 Å². The third kappa shape index (κ3) is 5.17. The number of benzene rings is 5. The van der Waals surface area contributed by atoms with Crippen molar-refractivity contribution in [2.24, 2.45) is 0 Å². The Hall–Kier alpha value is -6.37. The molecule has 3 nitrogen and oxygen atoms in total. The number of aromatic nitrogens is 2. The highest BCUT2D eigenvalue weighted by Crippen LogP contribution is 2.61. The Morgan fingerprint density at radius 2 is 1.30 bits per heavy atom. The smallest absolute Gasteiger partial charge is 0.160 e. The lowest BCUT2D eigenvalue weighted by molar-refractivity contribution is 0.558. The van der Waals surface area contributed by atoms with E-state index >= 15 is 0 Å². The van der Waals surface area contributed by atoms with Crippen molar-refractivity contribution in [3.8, 4) is 28.7 Å². The van der Waals surface area contributed by atoms with Crippen LogP contribution in [0.4, 0.5) is 0 Å². The van der Waals surface area contributed by atoms with Gasteiger partial charge in [-0.15, -0.1) is 0 Å². The highest BCUT2D eigenvalue weighted by molar-refractivity contribution is 5.94. The molecule has 54 heavy (non-hydrogen) atoms. The topological polar surface area (TPSA) is 49.6 Å². The fraction of sp³-hybridized carbons (Fsp3) is 0.157. The molecule has 0 saturated heterocycles. The molecule has 3 aliphatic rings. The van der Waals surface area contributed by atoms with Crippen LogP contribution in [0.25, 0.3) is 39.4 Å². The van der Waals surface area contributed by atoms with Crippen molar-refractivity contribution in [3.05, 3.63) is 207 Å². The number of rotatable bonds is 5. The Labute approximate surface area is 318 Å². The Kier molecular flexibility index (Phi) is 8.02. The quantitative estimate of drug-likeness (QED) is 0.180. The maximum absolute atomic E-state index is 9.57. The third-order valence-corrected chi connectivity index (χ3v) is 11.9. The Balaban J connectivity index is 1.23. The molecule has 0 atom stereocenters. The number of hydrogen-bond donors (Lipinski definition) is 0. The molecule has 1 aromatic heterocycles. The van der Waals surface area contributed by atoms with Gasteiger partial charge in [0.2, 0.25) is 0 Å². The first-order chi connectivity index (χ1) is 26.3. The van der Waals surface area contributed by atoms with Crippen LogP contribution in [0.2, 0.25) is 0 Å². The van der Waals surface area contributed by atoms with Crippen LogP contribution in [-0.2, 0) is 10.8 Å². The molecule has 0 saturated carbocycles. The minimum absolute atomic E-state index is 0.132. The first kappa shape index (κ1) is 33.5. The molecule has 3 aliphatic carbocycles. The van der Waals surface area contributed by atoms with Crippen LogP contribution < -0.4 is 0 Å². The van der Waals surface area contributed by atoms with Gasteiger partial charge in [-0.05, 0) is 112 Å². The average molecular weight is 696 g/mol. The minimum Gasteiger partial charge on any atom is -0.228 e. The second-order valence-corrected chi connectivity index (χ2v) is 15.3. The second kappa shape index (κ2) is 12.9. The summed E-state index contributed by atoms with van der Waals surface area (Å²) in [7, 11) is 0. The van der Waals surface area contributed by atoms with E-state index < -0.39 is 5.41 Å². The summed E-state index contributed by atoms with van der Waals surface area (Å²) in [5.41, 5.74) is 17.9. The molecule has 3 heteroatoms. The fourth-order valence-corrected chi connectivity index (χ4v) is 9.22. The molecule has 0 aliphatic heterocycles. The zero-order valence-electron chi connectivity index (χ0n) is 31.2. The molecule has 0 radical (unpaired) electrons. The molecule has 1 spiro atoms. The van der Waals surface area contributed by atoms with Crippen molar-refractivity contribution in [1.82, 2.24) is 9.97 Å². The van der Waals surface area contributed by atoms with Crippen molar-refractivity contribution in [1.29, 1.82) is 5.26 Å². The SMILES string of the molecule is CC1=C(/C=C(\C)c2cc(-c3ccccc3)nc(-c3cccc(C4=CC(C#N)=CCC4)c3)n2)c2ccccc2C12c1ccccc1C(C)(C)c1ccccc12. The van der Waals surface area contributed by atoms with Gasteiger partial charge < -0.3 is 0 Å². The molecular weight excluding hydrogens is 655 g/mol. The molecular formula is C51H41N3. The monoisotopic (exact) mass is 695 g/mol. The zero-order valence-corrected chi connectivity index (χ0v) is 31.2. The van der Waals surface area contributed by atoms with E-state index in [2.05, 4.69) is 167 Å².